The number of ether oxygens (including phenoxy) is 2. The highest BCUT2D eigenvalue weighted by Gasteiger charge is 2.17. The minimum atomic E-state index is -0.435. The molecule has 3 rings (SSSR count). The van der Waals surface area contributed by atoms with Crippen LogP contribution in [0.5, 0.6) is 11.5 Å². The van der Waals surface area contributed by atoms with Crippen LogP contribution in [-0.2, 0) is 0 Å². The third kappa shape index (κ3) is 2.96. The van der Waals surface area contributed by atoms with Gasteiger partial charge in [-0.15, -0.1) is 0 Å². The number of aromatic amines is 1. The molecule has 124 valence electrons. The maximum atomic E-state index is 6.33. The lowest BCUT2D eigenvalue weighted by atomic mass is 10.1. The van der Waals surface area contributed by atoms with Gasteiger partial charge >= 0.3 is 0 Å². The van der Waals surface area contributed by atoms with E-state index in [4.69, 9.17) is 15.2 Å². The van der Waals surface area contributed by atoms with Crippen LogP contribution >= 0.6 is 0 Å². The highest BCUT2D eigenvalue weighted by atomic mass is 16.5. The Balaban J connectivity index is 1.91. The van der Waals surface area contributed by atoms with E-state index < -0.39 is 6.04 Å². The molecule has 0 aliphatic carbocycles. The average molecular weight is 324 g/mol. The summed E-state index contributed by atoms with van der Waals surface area (Å²) in [6, 6.07) is 13.1. The van der Waals surface area contributed by atoms with E-state index in [1.54, 1.807) is 14.2 Å². The van der Waals surface area contributed by atoms with Gasteiger partial charge in [0, 0.05) is 5.56 Å². The first-order chi connectivity index (χ1) is 11.6. The minimum Gasteiger partial charge on any atom is -0.493 e. The number of methoxy groups -OCH3 is 2. The lowest BCUT2D eigenvalue weighted by Crippen LogP contribution is -2.14. The number of H-pyrrole nitrogens is 1. The van der Waals surface area contributed by atoms with Crippen molar-refractivity contribution in [2.24, 2.45) is 5.73 Å². The van der Waals surface area contributed by atoms with Crippen LogP contribution < -0.4 is 15.2 Å². The van der Waals surface area contributed by atoms with Crippen molar-refractivity contribution in [3.8, 4) is 22.9 Å². The maximum absolute atomic E-state index is 6.33. The van der Waals surface area contributed by atoms with Gasteiger partial charge in [0.15, 0.2) is 17.3 Å². The number of aryl methyl sites for hydroxylation is 1. The van der Waals surface area contributed by atoms with Crippen LogP contribution in [0.3, 0.4) is 0 Å². The molecule has 0 fully saturated rings. The standard InChI is InChI=1S/C18H20N4O2/c1-11-6-4-5-7-13(11)17-20-18(22-21-17)16(19)12-8-9-14(23-2)15(10-12)24-3/h4-10,16H,19H2,1-3H3,(H,20,21,22). The van der Waals surface area contributed by atoms with Gasteiger partial charge < -0.3 is 15.2 Å². The van der Waals surface area contributed by atoms with Crippen molar-refractivity contribution in [2.45, 2.75) is 13.0 Å². The topological polar surface area (TPSA) is 86.0 Å². The molecule has 24 heavy (non-hydrogen) atoms. The van der Waals surface area contributed by atoms with Crippen molar-refractivity contribution in [3.63, 3.8) is 0 Å². The van der Waals surface area contributed by atoms with Gasteiger partial charge in [0.05, 0.1) is 20.3 Å². The fraction of sp³-hybridized carbons (Fsp3) is 0.222. The van der Waals surface area contributed by atoms with Gasteiger partial charge in [-0.3, -0.25) is 5.10 Å². The van der Waals surface area contributed by atoms with Crippen molar-refractivity contribution >= 4 is 0 Å². The molecule has 6 heteroatoms. The molecule has 0 amide bonds. The first-order valence-electron chi connectivity index (χ1n) is 7.60. The molecule has 0 radical (unpaired) electrons. The first kappa shape index (κ1) is 16.0. The predicted molar refractivity (Wildman–Crippen MR) is 92.1 cm³/mol. The summed E-state index contributed by atoms with van der Waals surface area (Å²) < 4.78 is 10.6. The summed E-state index contributed by atoms with van der Waals surface area (Å²) in [5, 5.41) is 7.24. The van der Waals surface area contributed by atoms with E-state index in [1.165, 1.54) is 0 Å². The number of benzene rings is 2. The zero-order valence-electron chi connectivity index (χ0n) is 13.9. The minimum absolute atomic E-state index is 0.435. The summed E-state index contributed by atoms with van der Waals surface area (Å²) in [4.78, 5) is 4.55. The van der Waals surface area contributed by atoms with Crippen LogP contribution in [0.15, 0.2) is 42.5 Å². The van der Waals surface area contributed by atoms with Crippen molar-refractivity contribution in [1.82, 2.24) is 15.2 Å². The van der Waals surface area contributed by atoms with E-state index in [1.807, 2.05) is 49.4 Å². The Morgan fingerprint density at radius 3 is 2.50 bits per heavy atom. The number of nitrogens with zero attached hydrogens (tertiary/aromatic N) is 2. The molecule has 6 nitrogen and oxygen atoms in total. The Bertz CT molecular complexity index is 845. The molecule has 0 bridgehead atoms. The van der Waals surface area contributed by atoms with E-state index in [2.05, 4.69) is 15.2 Å². The summed E-state index contributed by atoms with van der Waals surface area (Å²) in [6.45, 7) is 2.03. The third-order valence-electron chi connectivity index (χ3n) is 3.95. The van der Waals surface area contributed by atoms with Crippen molar-refractivity contribution in [3.05, 3.63) is 59.4 Å². The van der Waals surface area contributed by atoms with Gasteiger partial charge in [0.1, 0.15) is 5.82 Å². The highest BCUT2D eigenvalue weighted by Crippen LogP contribution is 2.31. The molecular formula is C18H20N4O2. The zero-order chi connectivity index (χ0) is 17.1. The smallest absolute Gasteiger partial charge is 0.181 e. The monoisotopic (exact) mass is 324 g/mol. The molecular weight excluding hydrogens is 304 g/mol. The van der Waals surface area contributed by atoms with Crippen molar-refractivity contribution in [1.29, 1.82) is 0 Å². The molecule has 2 aromatic carbocycles. The van der Waals surface area contributed by atoms with Gasteiger partial charge in [-0.1, -0.05) is 30.3 Å². The first-order valence-corrected chi connectivity index (χ1v) is 7.60. The number of hydrogen-bond acceptors (Lipinski definition) is 5. The van der Waals surface area contributed by atoms with Crippen LogP contribution in [0.4, 0.5) is 0 Å². The fourth-order valence-corrected chi connectivity index (χ4v) is 2.56. The maximum Gasteiger partial charge on any atom is 0.181 e. The highest BCUT2D eigenvalue weighted by molar-refractivity contribution is 5.59. The molecule has 1 aromatic heterocycles. The number of hydrogen-bond donors (Lipinski definition) is 2. The molecule has 3 aromatic rings. The predicted octanol–water partition coefficient (Wildman–Crippen LogP) is 2.85. The number of aromatic nitrogens is 3. The number of nitrogens with two attached hydrogens (primary N) is 1. The fourth-order valence-electron chi connectivity index (χ4n) is 2.56. The van der Waals surface area contributed by atoms with Gasteiger partial charge in [-0.05, 0) is 30.2 Å². The third-order valence-corrected chi connectivity index (χ3v) is 3.95. The molecule has 0 aliphatic heterocycles. The van der Waals surface area contributed by atoms with Gasteiger partial charge in [-0.2, -0.15) is 5.10 Å². The van der Waals surface area contributed by atoms with Crippen LogP contribution in [0.1, 0.15) is 23.0 Å². The number of nitrogens with one attached hydrogen (secondary N) is 1. The molecule has 0 saturated carbocycles. The van der Waals surface area contributed by atoms with Crippen LogP contribution in [-0.4, -0.2) is 29.4 Å². The van der Waals surface area contributed by atoms with E-state index in [9.17, 15) is 0 Å². The second kappa shape index (κ2) is 6.72. The second-order valence-corrected chi connectivity index (χ2v) is 5.45. The van der Waals surface area contributed by atoms with Crippen molar-refractivity contribution in [2.75, 3.05) is 14.2 Å². The Kier molecular flexibility index (Phi) is 4.48. The molecule has 1 atom stereocenters. The Labute approximate surface area is 140 Å². The lowest BCUT2D eigenvalue weighted by molar-refractivity contribution is 0.354. The molecule has 0 saturated heterocycles. The van der Waals surface area contributed by atoms with Crippen LogP contribution in [0, 0.1) is 6.92 Å². The number of rotatable bonds is 5. The summed E-state index contributed by atoms with van der Waals surface area (Å²) in [7, 11) is 3.19. The van der Waals surface area contributed by atoms with Gasteiger partial charge in [0.2, 0.25) is 0 Å². The SMILES string of the molecule is COc1ccc(C(N)c2nc(-c3ccccc3C)n[nH]2)cc1OC. The van der Waals surface area contributed by atoms with Gasteiger partial charge in [0.25, 0.3) is 0 Å². The summed E-state index contributed by atoms with van der Waals surface area (Å²) in [5.74, 6) is 2.52. The van der Waals surface area contributed by atoms with E-state index >= 15 is 0 Å². The summed E-state index contributed by atoms with van der Waals surface area (Å²) in [5.41, 5.74) is 9.29. The molecule has 1 heterocycles. The van der Waals surface area contributed by atoms with Crippen molar-refractivity contribution < 1.29 is 9.47 Å². The lowest BCUT2D eigenvalue weighted by Gasteiger charge is -2.13. The second-order valence-electron chi connectivity index (χ2n) is 5.45. The summed E-state index contributed by atoms with van der Waals surface area (Å²) >= 11 is 0. The van der Waals surface area contributed by atoms with Gasteiger partial charge in [-0.25, -0.2) is 4.98 Å². The molecule has 0 spiro atoms. The van der Waals surface area contributed by atoms with E-state index in [-0.39, 0.29) is 0 Å². The summed E-state index contributed by atoms with van der Waals surface area (Å²) in [6.07, 6.45) is 0. The Morgan fingerprint density at radius 2 is 1.79 bits per heavy atom. The van der Waals surface area contributed by atoms with E-state index in [0.717, 1.165) is 16.7 Å². The van der Waals surface area contributed by atoms with Crippen LogP contribution in [0.25, 0.3) is 11.4 Å². The Morgan fingerprint density at radius 1 is 1.04 bits per heavy atom. The molecule has 1 unspecified atom stereocenters. The Hall–Kier alpha value is -2.86. The van der Waals surface area contributed by atoms with E-state index in [0.29, 0.717) is 23.1 Å². The quantitative estimate of drug-likeness (QED) is 0.753. The van der Waals surface area contributed by atoms with Crippen LogP contribution in [0.2, 0.25) is 0 Å². The molecule has 3 N–H and O–H groups in total. The average Bonchev–Trinajstić information content (AvgIpc) is 3.10. The normalized spacial score (nSPS) is 12.0. The largest absolute Gasteiger partial charge is 0.493 e. The molecule has 0 aliphatic rings. The zero-order valence-corrected chi connectivity index (χ0v) is 13.9.